The maximum absolute atomic E-state index is 10.7. The Kier molecular flexibility index (Phi) is 1.90. The van der Waals surface area contributed by atoms with E-state index in [0.29, 0.717) is 5.69 Å². The van der Waals surface area contributed by atoms with Crippen LogP contribution >= 0.6 is 22.6 Å². The standard InChI is InChI=1S/C6H6INO/c1-4(9)6-5(7)2-3-8-6/h2-3,8H,1H3. The zero-order chi connectivity index (χ0) is 6.85. The highest BCUT2D eigenvalue weighted by Gasteiger charge is 2.03. The minimum Gasteiger partial charge on any atom is -0.358 e. The lowest BCUT2D eigenvalue weighted by atomic mass is 10.3. The van der Waals surface area contributed by atoms with Crippen molar-refractivity contribution in [3.8, 4) is 0 Å². The van der Waals surface area contributed by atoms with Crippen LogP contribution in [0.2, 0.25) is 0 Å². The summed E-state index contributed by atoms with van der Waals surface area (Å²) in [7, 11) is 0. The van der Waals surface area contributed by atoms with Gasteiger partial charge in [0, 0.05) is 16.7 Å². The van der Waals surface area contributed by atoms with Crippen molar-refractivity contribution in [2.24, 2.45) is 0 Å². The molecule has 1 N–H and O–H groups in total. The minimum atomic E-state index is 0.0874. The summed E-state index contributed by atoms with van der Waals surface area (Å²) in [6.45, 7) is 1.55. The fourth-order valence-corrected chi connectivity index (χ4v) is 1.34. The van der Waals surface area contributed by atoms with E-state index in [0.717, 1.165) is 3.57 Å². The van der Waals surface area contributed by atoms with E-state index in [1.807, 2.05) is 6.07 Å². The molecule has 0 fully saturated rings. The number of carbonyl (C=O) groups is 1. The summed E-state index contributed by atoms with van der Waals surface area (Å²) >= 11 is 2.12. The van der Waals surface area contributed by atoms with Crippen LogP contribution in [-0.4, -0.2) is 10.8 Å². The van der Waals surface area contributed by atoms with Crippen molar-refractivity contribution in [3.05, 3.63) is 21.5 Å². The first-order chi connectivity index (χ1) is 4.22. The largest absolute Gasteiger partial charge is 0.358 e. The van der Waals surface area contributed by atoms with Crippen molar-refractivity contribution in [2.45, 2.75) is 6.92 Å². The summed E-state index contributed by atoms with van der Waals surface area (Å²) in [5.41, 5.74) is 0.704. The van der Waals surface area contributed by atoms with E-state index in [1.54, 1.807) is 13.1 Å². The highest BCUT2D eigenvalue weighted by atomic mass is 127. The molecule has 0 spiro atoms. The van der Waals surface area contributed by atoms with Gasteiger partial charge in [0.2, 0.25) is 0 Å². The monoisotopic (exact) mass is 235 g/mol. The Labute approximate surface area is 66.8 Å². The summed E-state index contributed by atoms with van der Waals surface area (Å²) in [5, 5.41) is 0. The number of nitrogens with one attached hydrogen (secondary N) is 1. The molecule has 0 saturated carbocycles. The number of H-pyrrole nitrogens is 1. The van der Waals surface area contributed by atoms with Gasteiger partial charge in [0.25, 0.3) is 0 Å². The quantitative estimate of drug-likeness (QED) is 0.584. The Morgan fingerprint density at radius 2 is 2.44 bits per heavy atom. The van der Waals surface area contributed by atoms with Crippen LogP contribution in [0.1, 0.15) is 17.4 Å². The van der Waals surface area contributed by atoms with Crippen molar-refractivity contribution < 1.29 is 4.79 Å². The normalized spacial score (nSPS) is 9.56. The molecule has 0 aliphatic carbocycles. The van der Waals surface area contributed by atoms with Gasteiger partial charge in [0.15, 0.2) is 5.78 Å². The van der Waals surface area contributed by atoms with Crippen molar-refractivity contribution in [1.29, 1.82) is 0 Å². The number of Topliss-reactive ketones (excluding diaryl/α,β-unsaturated/α-hetero) is 1. The molecule has 0 aliphatic rings. The highest BCUT2D eigenvalue weighted by molar-refractivity contribution is 14.1. The molecule has 0 atom stereocenters. The van der Waals surface area contributed by atoms with Crippen LogP contribution in [-0.2, 0) is 0 Å². The molecule has 0 saturated heterocycles. The third-order valence-corrected chi connectivity index (χ3v) is 1.95. The average molecular weight is 235 g/mol. The van der Waals surface area contributed by atoms with E-state index in [1.165, 1.54) is 0 Å². The van der Waals surface area contributed by atoms with Crippen molar-refractivity contribution in [2.75, 3.05) is 0 Å². The molecule has 48 valence electrons. The summed E-state index contributed by atoms with van der Waals surface area (Å²) in [6.07, 6.45) is 1.76. The number of carbonyl (C=O) groups excluding carboxylic acids is 1. The summed E-state index contributed by atoms with van der Waals surface area (Å²) in [4.78, 5) is 13.5. The molecular formula is C6H6INO. The van der Waals surface area contributed by atoms with Gasteiger partial charge in [0.05, 0.1) is 5.69 Å². The first kappa shape index (κ1) is 6.80. The fraction of sp³-hybridized carbons (Fsp3) is 0.167. The molecule has 1 aromatic heterocycles. The van der Waals surface area contributed by atoms with E-state index in [-0.39, 0.29) is 5.78 Å². The number of aromatic nitrogens is 1. The van der Waals surface area contributed by atoms with Crippen LogP contribution in [0.5, 0.6) is 0 Å². The fourth-order valence-electron chi connectivity index (χ4n) is 0.620. The Morgan fingerprint density at radius 1 is 1.78 bits per heavy atom. The molecule has 0 aliphatic heterocycles. The third kappa shape index (κ3) is 1.32. The Balaban J connectivity index is 3.08. The minimum absolute atomic E-state index is 0.0874. The topological polar surface area (TPSA) is 32.9 Å². The van der Waals surface area contributed by atoms with Crippen LogP contribution in [0.3, 0.4) is 0 Å². The second-order valence-corrected chi connectivity index (χ2v) is 2.92. The SMILES string of the molecule is CC(=O)c1[nH]ccc1I. The average Bonchev–Trinajstić information content (AvgIpc) is 2.13. The van der Waals surface area contributed by atoms with Crippen molar-refractivity contribution >= 4 is 28.4 Å². The number of rotatable bonds is 1. The zero-order valence-corrected chi connectivity index (χ0v) is 7.10. The molecule has 0 radical (unpaired) electrons. The van der Waals surface area contributed by atoms with Crippen LogP contribution in [0.4, 0.5) is 0 Å². The van der Waals surface area contributed by atoms with Gasteiger partial charge in [-0.1, -0.05) is 0 Å². The van der Waals surface area contributed by atoms with Crippen molar-refractivity contribution in [1.82, 2.24) is 4.98 Å². The van der Waals surface area contributed by atoms with E-state index >= 15 is 0 Å². The molecule has 9 heavy (non-hydrogen) atoms. The molecule has 0 unspecified atom stereocenters. The smallest absolute Gasteiger partial charge is 0.177 e. The predicted molar refractivity (Wildman–Crippen MR) is 43.5 cm³/mol. The van der Waals surface area contributed by atoms with Gasteiger partial charge in [-0.05, 0) is 28.7 Å². The Bertz CT molecular complexity index is 229. The number of ketones is 1. The number of aromatic amines is 1. The lowest BCUT2D eigenvalue weighted by Crippen LogP contribution is -1.93. The van der Waals surface area contributed by atoms with Gasteiger partial charge in [-0.3, -0.25) is 4.79 Å². The van der Waals surface area contributed by atoms with E-state index < -0.39 is 0 Å². The van der Waals surface area contributed by atoms with E-state index in [9.17, 15) is 4.79 Å². The molecule has 2 nitrogen and oxygen atoms in total. The number of hydrogen-bond acceptors (Lipinski definition) is 1. The Hall–Kier alpha value is -0.320. The van der Waals surface area contributed by atoms with Crippen LogP contribution in [0, 0.1) is 3.57 Å². The predicted octanol–water partition coefficient (Wildman–Crippen LogP) is 1.82. The Morgan fingerprint density at radius 3 is 2.67 bits per heavy atom. The molecule has 0 aromatic carbocycles. The van der Waals surface area contributed by atoms with Gasteiger partial charge in [-0.15, -0.1) is 0 Å². The van der Waals surface area contributed by atoms with Gasteiger partial charge < -0.3 is 4.98 Å². The van der Waals surface area contributed by atoms with Gasteiger partial charge in [-0.25, -0.2) is 0 Å². The summed E-state index contributed by atoms with van der Waals surface area (Å²) < 4.78 is 0.986. The molecule has 0 bridgehead atoms. The second kappa shape index (κ2) is 2.51. The summed E-state index contributed by atoms with van der Waals surface area (Å²) in [6, 6.07) is 1.87. The number of halogens is 1. The first-order valence-corrected chi connectivity index (χ1v) is 3.63. The number of hydrogen-bond donors (Lipinski definition) is 1. The molecule has 0 amide bonds. The van der Waals surface area contributed by atoms with Crippen LogP contribution in [0.25, 0.3) is 0 Å². The van der Waals surface area contributed by atoms with Gasteiger partial charge >= 0.3 is 0 Å². The first-order valence-electron chi connectivity index (χ1n) is 2.55. The maximum atomic E-state index is 10.7. The lowest BCUT2D eigenvalue weighted by molar-refractivity contribution is 0.101. The zero-order valence-electron chi connectivity index (χ0n) is 4.94. The van der Waals surface area contributed by atoms with Crippen molar-refractivity contribution in [3.63, 3.8) is 0 Å². The second-order valence-electron chi connectivity index (χ2n) is 1.76. The lowest BCUT2D eigenvalue weighted by Gasteiger charge is -1.87. The van der Waals surface area contributed by atoms with Crippen LogP contribution in [0.15, 0.2) is 12.3 Å². The molecule has 1 rings (SSSR count). The third-order valence-electron chi connectivity index (χ3n) is 1.05. The molecule has 1 heterocycles. The summed E-state index contributed by atoms with van der Waals surface area (Å²) in [5.74, 6) is 0.0874. The maximum Gasteiger partial charge on any atom is 0.177 e. The van der Waals surface area contributed by atoms with Crippen LogP contribution < -0.4 is 0 Å². The molecule has 3 heteroatoms. The molecular weight excluding hydrogens is 229 g/mol. The molecule has 1 aromatic rings. The van der Waals surface area contributed by atoms with Gasteiger partial charge in [-0.2, -0.15) is 0 Å². The van der Waals surface area contributed by atoms with E-state index in [2.05, 4.69) is 27.6 Å². The highest BCUT2D eigenvalue weighted by Crippen LogP contribution is 2.09. The van der Waals surface area contributed by atoms with Gasteiger partial charge in [0.1, 0.15) is 0 Å². The van der Waals surface area contributed by atoms with E-state index in [4.69, 9.17) is 0 Å².